The molecule has 0 aliphatic carbocycles. The van der Waals surface area contributed by atoms with Crippen LogP contribution >= 0.6 is 0 Å². The Morgan fingerprint density at radius 1 is 1.35 bits per heavy atom. The first-order valence-corrected chi connectivity index (χ1v) is 5.01. The van der Waals surface area contributed by atoms with Crippen molar-refractivity contribution < 1.29 is 9.13 Å². The first-order chi connectivity index (χ1) is 8.29. The van der Waals surface area contributed by atoms with Crippen molar-refractivity contribution in [2.75, 3.05) is 0 Å². The van der Waals surface area contributed by atoms with Gasteiger partial charge in [-0.05, 0) is 24.3 Å². The Balaban J connectivity index is 2.08. The van der Waals surface area contributed by atoms with Gasteiger partial charge in [-0.25, -0.2) is 4.39 Å². The molecule has 0 radical (unpaired) electrons. The van der Waals surface area contributed by atoms with Gasteiger partial charge in [0.25, 0.3) is 0 Å². The summed E-state index contributed by atoms with van der Waals surface area (Å²) in [7, 11) is 0. The number of halogens is 1. The van der Waals surface area contributed by atoms with Crippen LogP contribution in [0.1, 0.15) is 11.1 Å². The smallest absolute Gasteiger partial charge is 0.166 e. The fourth-order valence-corrected chi connectivity index (χ4v) is 1.33. The van der Waals surface area contributed by atoms with Crippen molar-refractivity contribution in [2.45, 2.75) is 6.61 Å². The molecule has 17 heavy (non-hydrogen) atoms. The van der Waals surface area contributed by atoms with Gasteiger partial charge in [-0.1, -0.05) is 6.07 Å². The first kappa shape index (κ1) is 11.1. The summed E-state index contributed by atoms with van der Waals surface area (Å²) in [6.07, 6.45) is 3.31. The molecule has 2 aromatic rings. The van der Waals surface area contributed by atoms with Crippen LogP contribution in [0.3, 0.4) is 0 Å². The number of rotatable bonds is 3. The molecular formula is C13H9FN2O. The number of ether oxygens (including phenoxy) is 1. The average Bonchev–Trinajstić information content (AvgIpc) is 2.38. The predicted octanol–water partition coefficient (Wildman–Crippen LogP) is 2.67. The minimum Gasteiger partial charge on any atom is -0.486 e. The third kappa shape index (κ3) is 2.79. The predicted molar refractivity (Wildman–Crippen MR) is 59.7 cm³/mol. The molecule has 1 aromatic heterocycles. The first-order valence-electron chi connectivity index (χ1n) is 5.01. The quantitative estimate of drug-likeness (QED) is 0.811. The van der Waals surface area contributed by atoms with Gasteiger partial charge in [-0.15, -0.1) is 0 Å². The molecule has 0 aliphatic heterocycles. The minimum absolute atomic E-state index is 0.132. The Morgan fingerprint density at radius 2 is 2.24 bits per heavy atom. The highest BCUT2D eigenvalue weighted by Crippen LogP contribution is 2.19. The SMILES string of the molecule is N#Cc1ccc(OCc2cccnc2)c(F)c1. The van der Waals surface area contributed by atoms with Crippen LogP contribution in [0, 0.1) is 17.1 Å². The summed E-state index contributed by atoms with van der Waals surface area (Å²) in [5, 5.41) is 8.60. The van der Waals surface area contributed by atoms with Crippen molar-refractivity contribution in [3.8, 4) is 11.8 Å². The number of hydrogen-bond acceptors (Lipinski definition) is 3. The Kier molecular flexibility index (Phi) is 3.31. The molecule has 0 fully saturated rings. The van der Waals surface area contributed by atoms with Crippen LogP contribution in [-0.4, -0.2) is 4.98 Å². The highest BCUT2D eigenvalue weighted by atomic mass is 19.1. The minimum atomic E-state index is -0.534. The average molecular weight is 228 g/mol. The van der Waals surface area contributed by atoms with Crippen LogP contribution in [-0.2, 0) is 6.61 Å². The molecule has 0 spiro atoms. The van der Waals surface area contributed by atoms with Gasteiger partial charge in [0.2, 0.25) is 0 Å². The summed E-state index contributed by atoms with van der Waals surface area (Å²) in [4.78, 5) is 3.93. The van der Waals surface area contributed by atoms with Crippen molar-refractivity contribution in [3.05, 3.63) is 59.7 Å². The maximum Gasteiger partial charge on any atom is 0.166 e. The van der Waals surface area contributed by atoms with Gasteiger partial charge in [0.1, 0.15) is 6.61 Å². The maximum absolute atomic E-state index is 13.4. The van der Waals surface area contributed by atoms with Gasteiger partial charge < -0.3 is 4.74 Å². The van der Waals surface area contributed by atoms with Crippen LogP contribution in [0.25, 0.3) is 0 Å². The van der Waals surface area contributed by atoms with E-state index in [1.165, 1.54) is 12.1 Å². The molecule has 0 unspecified atom stereocenters. The highest BCUT2D eigenvalue weighted by Gasteiger charge is 2.04. The van der Waals surface area contributed by atoms with E-state index >= 15 is 0 Å². The topological polar surface area (TPSA) is 45.9 Å². The number of benzene rings is 1. The summed E-state index contributed by atoms with van der Waals surface area (Å²) >= 11 is 0. The molecule has 0 bridgehead atoms. The number of nitrogens with zero attached hydrogens (tertiary/aromatic N) is 2. The number of pyridine rings is 1. The van der Waals surface area contributed by atoms with Crippen LogP contribution in [0.4, 0.5) is 4.39 Å². The van der Waals surface area contributed by atoms with Gasteiger partial charge in [0, 0.05) is 18.0 Å². The summed E-state index contributed by atoms with van der Waals surface area (Å²) < 4.78 is 18.7. The Bertz CT molecular complexity index is 549. The van der Waals surface area contributed by atoms with E-state index in [4.69, 9.17) is 10.00 Å². The van der Waals surface area contributed by atoms with E-state index in [-0.39, 0.29) is 17.9 Å². The molecule has 1 heterocycles. The van der Waals surface area contributed by atoms with Gasteiger partial charge in [0.05, 0.1) is 11.6 Å². The lowest BCUT2D eigenvalue weighted by molar-refractivity contribution is 0.290. The Morgan fingerprint density at radius 3 is 2.88 bits per heavy atom. The van der Waals surface area contributed by atoms with Gasteiger partial charge >= 0.3 is 0 Å². The molecule has 0 saturated heterocycles. The zero-order chi connectivity index (χ0) is 12.1. The van der Waals surface area contributed by atoms with Crippen molar-refractivity contribution in [3.63, 3.8) is 0 Å². The lowest BCUT2D eigenvalue weighted by Gasteiger charge is -2.06. The largest absolute Gasteiger partial charge is 0.486 e. The molecule has 4 heteroatoms. The molecule has 1 aromatic carbocycles. The van der Waals surface area contributed by atoms with Gasteiger partial charge in [0.15, 0.2) is 11.6 Å². The molecule has 0 amide bonds. The zero-order valence-electron chi connectivity index (χ0n) is 8.93. The van der Waals surface area contributed by atoms with E-state index in [1.807, 2.05) is 12.1 Å². The lowest BCUT2D eigenvalue weighted by atomic mass is 10.2. The normalized spacial score (nSPS) is 9.65. The van der Waals surface area contributed by atoms with E-state index in [2.05, 4.69) is 4.98 Å². The van der Waals surface area contributed by atoms with E-state index in [9.17, 15) is 4.39 Å². The monoisotopic (exact) mass is 228 g/mol. The summed E-state index contributed by atoms with van der Waals surface area (Å²) in [5.41, 5.74) is 1.13. The second kappa shape index (κ2) is 5.08. The Hall–Kier alpha value is -2.41. The molecule has 84 valence electrons. The maximum atomic E-state index is 13.4. The number of aromatic nitrogens is 1. The molecule has 0 N–H and O–H groups in total. The van der Waals surface area contributed by atoms with E-state index in [1.54, 1.807) is 18.5 Å². The van der Waals surface area contributed by atoms with Crippen LogP contribution in [0.15, 0.2) is 42.7 Å². The van der Waals surface area contributed by atoms with Crippen LogP contribution in [0.5, 0.6) is 5.75 Å². The molecular weight excluding hydrogens is 219 g/mol. The molecule has 0 aliphatic rings. The van der Waals surface area contributed by atoms with E-state index in [0.29, 0.717) is 0 Å². The summed E-state index contributed by atoms with van der Waals surface area (Å²) in [5.74, 6) is -0.402. The third-order valence-electron chi connectivity index (χ3n) is 2.18. The molecule has 0 saturated carbocycles. The Labute approximate surface area is 98.1 Å². The van der Waals surface area contributed by atoms with E-state index < -0.39 is 5.82 Å². The van der Waals surface area contributed by atoms with Crippen LogP contribution in [0.2, 0.25) is 0 Å². The third-order valence-corrected chi connectivity index (χ3v) is 2.18. The fraction of sp³-hybridized carbons (Fsp3) is 0.0769. The van der Waals surface area contributed by atoms with E-state index in [0.717, 1.165) is 11.6 Å². The number of hydrogen-bond donors (Lipinski definition) is 0. The second-order valence-corrected chi connectivity index (χ2v) is 3.41. The lowest BCUT2D eigenvalue weighted by Crippen LogP contribution is -1.98. The van der Waals surface area contributed by atoms with Gasteiger partial charge in [-0.2, -0.15) is 5.26 Å². The summed E-state index contributed by atoms with van der Waals surface area (Å²) in [6.45, 7) is 0.247. The number of nitriles is 1. The van der Waals surface area contributed by atoms with Crippen molar-refractivity contribution in [1.29, 1.82) is 5.26 Å². The van der Waals surface area contributed by atoms with Crippen molar-refractivity contribution in [1.82, 2.24) is 4.98 Å². The summed E-state index contributed by atoms with van der Waals surface area (Å²) in [6, 6.07) is 9.61. The van der Waals surface area contributed by atoms with Gasteiger partial charge in [-0.3, -0.25) is 4.98 Å². The van der Waals surface area contributed by atoms with Crippen molar-refractivity contribution in [2.24, 2.45) is 0 Å². The zero-order valence-corrected chi connectivity index (χ0v) is 8.93. The molecule has 3 nitrogen and oxygen atoms in total. The molecule has 0 atom stereocenters. The highest BCUT2D eigenvalue weighted by molar-refractivity contribution is 5.36. The standard InChI is InChI=1S/C13H9FN2O/c14-12-6-10(7-15)3-4-13(12)17-9-11-2-1-5-16-8-11/h1-6,8H,9H2. The second-order valence-electron chi connectivity index (χ2n) is 3.41. The van der Waals surface area contributed by atoms with Crippen LogP contribution < -0.4 is 4.74 Å². The fourth-order valence-electron chi connectivity index (χ4n) is 1.33. The molecule has 2 rings (SSSR count). The van der Waals surface area contributed by atoms with Crippen molar-refractivity contribution >= 4 is 0 Å².